The predicted molar refractivity (Wildman–Crippen MR) is 91.2 cm³/mol. The maximum Gasteiger partial charge on any atom is 0.272 e. The summed E-state index contributed by atoms with van der Waals surface area (Å²) in [6.07, 6.45) is 4.53. The third-order valence-corrected chi connectivity index (χ3v) is 5.69. The number of benzene rings is 1. The Balaban J connectivity index is 1.71. The molecule has 3 rings (SSSR count). The number of hydrogen-bond donors (Lipinski definition) is 2. The van der Waals surface area contributed by atoms with Crippen LogP contribution in [0.4, 0.5) is 0 Å². The van der Waals surface area contributed by atoms with E-state index in [0.29, 0.717) is 17.1 Å². The summed E-state index contributed by atoms with van der Waals surface area (Å²) >= 11 is 0. The molecular weight excluding hydrogens is 346 g/mol. The van der Waals surface area contributed by atoms with Crippen molar-refractivity contribution in [3.05, 3.63) is 35.9 Å². The number of nitrogens with one attached hydrogen (secondary N) is 1. The first-order valence-corrected chi connectivity index (χ1v) is 9.72. The molecule has 2 aliphatic rings. The fourth-order valence-electron chi connectivity index (χ4n) is 3.09. The van der Waals surface area contributed by atoms with Gasteiger partial charge in [0.05, 0.1) is 0 Å². The van der Waals surface area contributed by atoms with Crippen LogP contribution in [0.5, 0.6) is 11.5 Å². The van der Waals surface area contributed by atoms with Crippen LogP contribution in [0, 0.1) is 5.92 Å². The lowest BCUT2D eigenvalue weighted by atomic mass is 9.93. The highest BCUT2D eigenvalue weighted by molar-refractivity contribution is 7.86. The van der Waals surface area contributed by atoms with Gasteiger partial charge in [0.25, 0.3) is 10.1 Å². The third kappa shape index (κ3) is 4.39. The second-order valence-electron chi connectivity index (χ2n) is 6.18. The van der Waals surface area contributed by atoms with Crippen LogP contribution in [0.2, 0.25) is 0 Å². The molecule has 0 aromatic heterocycles. The maximum atomic E-state index is 12.2. The fraction of sp³-hybridized carbons (Fsp3) is 0.471. The molecule has 0 bridgehead atoms. The summed E-state index contributed by atoms with van der Waals surface area (Å²) in [7, 11) is -4.33. The van der Waals surface area contributed by atoms with Gasteiger partial charge in [-0.1, -0.05) is 12.1 Å². The Morgan fingerprint density at radius 1 is 1.28 bits per heavy atom. The van der Waals surface area contributed by atoms with E-state index in [1.165, 1.54) is 12.2 Å². The van der Waals surface area contributed by atoms with Crippen molar-refractivity contribution in [3.63, 3.8) is 0 Å². The summed E-state index contributed by atoms with van der Waals surface area (Å²) in [5.41, 5.74) is 0.394. The molecule has 25 heavy (non-hydrogen) atoms. The van der Waals surface area contributed by atoms with E-state index in [0.717, 1.165) is 25.9 Å². The van der Waals surface area contributed by atoms with Gasteiger partial charge in [-0.15, -0.1) is 0 Å². The van der Waals surface area contributed by atoms with Crippen LogP contribution < -0.4 is 14.8 Å². The largest absolute Gasteiger partial charge is 0.454 e. The molecule has 1 unspecified atom stereocenters. The Kier molecular flexibility index (Phi) is 5.41. The molecule has 2 heterocycles. The zero-order chi connectivity index (χ0) is 17.9. The van der Waals surface area contributed by atoms with Crippen LogP contribution in [0.1, 0.15) is 30.1 Å². The van der Waals surface area contributed by atoms with Crippen LogP contribution in [0.15, 0.2) is 30.4 Å². The number of ether oxygens (including phenoxy) is 2. The molecule has 1 atom stereocenters. The van der Waals surface area contributed by atoms with Crippen molar-refractivity contribution in [3.8, 4) is 11.5 Å². The lowest BCUT2D eigenvalue weighted by Crippen LogP contribution is -2.31. The predicted octanol–water partition coefficient (Wildman–Crippen LogP) is 1.86. The summed E-state index contributed by atoms with van der Waals surface area (Å²) < 4.78 is 43.5. The minimum absolute atomic E-state index is 0.00118. The Hall–Kier alpha value is -1.90. The minimum atomic E-state index is -4.33. The average Bonchev–Trinajstić information content (AvgIpc) is 3.05. The highest BCUT2D eigenvalue weighted by Gasteiger charge is 2.26. The van der Waals surface area contributed by atoms with Gasteiger partial charge in [0, 0.05) is 5.92 Å². The summed E-state index contributed by atoms with van der Waals surface area (Å²) in [5, 5.41) is 2.04. The van der Waals surface area contributed by atoms with E-state index in [4.69, 9.17) is 9.47 Å². The van der Waals surface area contributed by atoms with Crippen LogP contribution >= 0.6 is 0 Å². The second-order valence-corrected chi connectivity index (χ2v) is 7.78. The van der Waals surface area contributed by atoms with Crippen LogP contribution in [-0.4, -0.2) is 38.6 Å². The number of piperidine rings is 1. The van der Waals surface area contributed by atoms with Gasteiger partial charge in [-0.3, -0.25) is 9.35 Å². The van der Waals surface area contributed by atoms with Gasteiger partial charge in [0.1, 0.15) is 5.25 Å². The Morgan fingerprint density at radius 3 is 2.72 bits per heavy atom. The first kappa shape index (κ1) is 17.9. The molecular formula is C17H21NO6S. The highest BCUT2D eigenvalue weighted by atomic mass is 32.2. The number of hydrogen-bond acceptors (Lipinski definition) is 6. The number of carbonyl (C=O) groups is 1. The van der Waals surface area contributed by atoms with Crippen molar-refractivity contribution in [2.45, 2.75) is 24.5 Å². The normalized spacial score (nSPS) is 19.2. The van der Waals surface area contributed by atoms with E-state index in [-0.39, 0.29) is 24.9 Å². The molecule has 0 radical (unpaired) electrons. The molecule has 2 aliphatic heterocycles. The van der Waals surface area contributed by atoms with Crippen molar-refractivity contribution >= 4 is 15.9 Å². The molecule has 0 saturated carbocycles. The van der Waals surface area contributed by atoms with E-state index >= 15 is 0 Å². The molecule has 0 aliphatic carbocycles. The van der Waals surface area contributed by atoms with Crippen molar-refractivity contribution in [1.29, 1.82) is 0 Å². The van der Waals surface area contributed by atoms with E-state index in [9.17, 15) is 17.8 Å². The summed E-state index contributed by atoms with van der Waals surface area (Å²) in [4.78, 5) is 12.2. The van der Waals surface area contributed by atoms with Crippen molar-refractivity contribution in [2.75, 3.05) is 19.9 Å². The quantitative estimate of drug-likeness (QED) is 0.584. The smallest absolute Gasteiger partial charge is 0.272 e. The van der Waals surface area contributed by atoms with Crippen LogP contribution in [0.25, 0.3) is 0 Å². The van der Waals surface area contributed by atoms with E-state index in [1.807, 2.05) is 0 Å². The minimum Gasteiger partial charge on any atom is -0.454 e. The van der Waals surface area contributed by atoms with Gasteiger partial charge < -0.3 is 14.8 Å². The average molecular weight is 367 g/mol. The number of allylic oxidation sites excluding steroid dienone is 2. The van der Waals surface area contributed by atoms with Crippen LogP contribution in [0.3, 0.4) is 0 Å². The standard InChI is InChI=1S/C17H21NO6S/c19-14(12-6-8-18-9-7-12)2-1-3-17(25(20,21)22)13-4-5-15-16(10-13)24-11-23-15/h1-2,4-5,10,12,17-18H,3,6-9,11H2,(H,20,21,22)/b2-1+. The highest BCUT2D eigenvalue weighted by Crippen LogP contribution is 2.36. The van der Waals surface area contributed by atoms with E-state index < -0.39 is 15.4 Å². The number of ketones is 1. The van der Waals surface area contributed by atoms with Crippen molar-refractivity contribution in [2.24, 2.45) is 5.92 Å². The molecule has 1 saturated heterocycles. The molecule has 2 N–H and O–H groups in total. The molecule has 0 amide bonds. The number of carbonyl (C=O) groups excluding carboxylic acids is 1. The topological polar surface area (TPSA) is 102 Å². The molecule has 8 heteroatoms. The molecule has 136 valence electrons. The molecule has 1 fully saturated rings. The first-order valence-electron chi connectivity index (χ1n) is 8.22. The van der Waals surface area contributed by atoms with E-state index in [2.05, 4.69) is 5.32 Å². The van der Waals surface area contributed by atoms with Gasteiger partial charge in [-0.25, -0.2) is 0 Å². The summed E-state index contributed by atoms with van der Waals surface area (Å²) in [5.74, 6) is 0.962. The Labute approximate surface area is 146 Å². The molecule has 1 aromatic rings. The lowest BCUT2D eigenvalue weighted by Gasteiger charge is -2.20. The van der Waals surface area contributed by atoms with Crippen molar-refractivity contribution in [1.82, 2.24) is 5.32 Å². The fourth-order valence-corrected chi connectivity index (χ4v) is 3.94. The third-order valence-electron chi connectivity index (χ3n) is 4.50. The summed E-state index contributed by atoms with van der Waals surface area (Å²) in [6, 6.07) is 4.73. The molecule has 0 spiro atoms. The van der Waals surface area contributed by atoms with Gasteiger partial charge in [-0.05, 0) is 56.1 Å². The first-order chi connectivity index (χ1) is 11.9. The number of rotatable bonds is 6. The number of fused-ring (bicyclic) bond motifs is 1. The van der Waals surface area contributed by atoms with Crippen molar-refractivity contribution < 1.29 is 27.2 Å². The lowest BCUT2D eigenvalue weighted by molar-refractivity contribution is -0.118. The Bertz CT molecular complexity index is 767. The second kappa shape index (κ2) is 7.55. The SMILES string of the molecule is O=C(/C=C/CC(c1ccc2c(c1)OCO2)S(=O)(=O)O)C1CCNCC1. The molecule has 1 aromatic carbocycles. The van der Waals surface area contributed by atoms with Gasteiger partial charge in [0.15, 0.2) is 17.3 Å². The van der Waals surface area contributed by atoms with Gasteiger partial charge in [-0.2, -0.15) is 8.42 Å². The maximum absolute atomic E-state index is 12.2. The van der Waals surface area contributed by atoms with E-state index in [1.54, 1.807) is 18.2 Å². The van der Waals surface area contributed by atoms with Crippen LogP contribution in [-0.2, 0) is 14.9 Å². The van der Waals surface area contributed by atoms with Gasteiger partial charge >= 0.3 is 0 Å². The Morgan fingerprint density at radius 2 is 2.00 bits per heavy atom. The summed E-state index contributed by atoms with van der Waals surface area (Å²) in [6.45, 7) is 1.71. The zero-order valence-electron chi connectivity index (χ0n) is 13.7. The van der Waals surface area contributed by atoms with Gasteiger partial charge in [0.2, 0.25) is 6.79 Å². The molecule has 7 nitrogen and oxygen atoms in total. The monoisotopic (exact) mass is 367 g/mol. The zero-order valence-corrected chi connectivity index (χ0v) is 14.5.